The van der Waals surface area contributed by atoms with Gasteiger partial charge in [0.15, 0.2) is 0 Å². The molecule has 0 radical (unpaired) electrons. The Morgan fingerprint density at radius 1 is 1.33 bits per heavy atom. The summed E-state index contributed by atoms with van der Waals surface area (Å²) in [5, 5.41) is 11.8. The molecule has 2 aromatic rings. The van der Waals surface area contributed by atoms with Crippen LogP contribution in [0.3, 0.4) is 0 Å². The number of benzene rings is 1. The van der Waals surface area contributed by atoms with Crippen molar-refractivity contribution in [2.24, 2.45) is 0 Å². The van der Waals surface area contributed by atoms with Gasteiger partial charge in [-0.2, -0.15) is 11.3 Å². The fourth-order valence-corrected chi connectivity index (χ4v) is 3.70. The largest absolute Gasteiger partial charge is 0.496 e. The van der Waals surface area contributed by atoms with E-state index in [1.165, 1.54) is 24.0 Å². The summed E-state index contributed by atoms with van der Waals surface area (Å²) >= 11 is 1.77. The van der Waals surface area contributed by atoms with Crippen LogP contribution in [0.15, 0.2) is 41.1 Å². The molecule has 0 aliphatic carbocycles. The van der Waals surface area contributed by atoms with E-state index in [2.05, 4.69) is 39.6 Å². The van der Waals surface area contributed by atoms with Gasteiger partial charge in [-0.05, 0) is 47.8 Å². The van der Waals surface area contributed by atoms with Gasteiger partial charge in [0.05, 0.1) is 7.11 Å². The van der Waals surface area contributed by atoms with Crippen LogP contribution in [0, 0.1) is 0 Å². The maximum Gasteiger partial charge on any atom is 0.123 e. The number of piperidine rings is 1. The van der Waals surface area contributed by atoms with Crippen molar-refractivity contribution in [1.82, 2.24) is 10.6 Å². The van der Waals surface area contributed by atoms with E-state index in [1.54, 1.807) is 18.4 Å². The molecule has 1 saturated heterocycles. The van der Waals surface area contributed by atoms with E-state index in [4.69, 9.17) is 4.74 Å². The maximum atomic E-state index is 5.43. The summed E-state index contributed by atoms with van der Waals surface area (Å²) in [6, 6.07) is 11.3. The Balaban J connectivity index is 1.68. The summed E-state index contributed by atoms with van der Waals surface area (Å²) in [5.74, 6) is 0.959. The lowest BCUT2D eigenvalue weighted by molar-refractivity contribution is 0.303. The summed E-state index contributed by atoms with van der Waals surface area (Å²) in [4.78, 5) is 0. The fraction of sp³-hybridized carbons (Fsp3) is 0.412. The average Bonchev–Trinajstić information content (AvgIpc) is 3.08. The van der Waals surface area contributed by atoms with Gasteiger partial charge in [0.1, 0.15) is 5.75 Å². The number of methoxy groups -OCH3 is 1. The quantitative estimate of drug-likeness (QED) is 0.889. The molecule has 3 rings (SSSR count). The fourth-order valence-electron chi connectivity index (χ4n) is 3.00. The lowest BCUT2D eigenvalue weighted by Crippen LogP contribution is -2.45. The predicted octanol–water partition coefficient (Wildman–Crippen LogP) is 3.34. The van der Waals surface area contributed by atoms with Gasteiger partial charge in [0, 0.05) is 24.2 Å². The molecule has 2 atom stereocenters. The Kier molecular flexibility index (Phi) is 4.91. The van der Waals surface area contributed by atoms with Gasteiger partial charge in [0.25, 0.3) is 0 Å². The first-order chi connectivity index (χ1) is 10.4. The molecule has 21 heavy (non-hydrogen) atoms. The molecule has 1 aliphatic rings. The van der Waals surface area contributed by atoms with Crippen LogP contribution in [0.5, 0.6) is 5.75 Å². The van der Waals surface area contributed by atoms with Gasteiger partial charge in [-0.15, -0.1) is 0 Å². The SMILES string of the molecule is COc1ccccc1CN[C@H]1CCCN[C@H]1c1ccsc1. The molecule has 0 saturated carbocycles. The highest BCUT2D eigenvalue weighted by molar-refractivity contribution is 7.07. The van der Waals surface area contributed by atoms with Gasteiger partial charge in [-0.1, -0.05) is 18.2 Å². The second-order valence-corrected chi connectivity index (χ2v) is 6.21. The number of para-hydroxylation sites is 1. The molecule has 2 heterocycles. The van der Waals surface area contributed by atoms with Gasteiger partial charge < -0.3 is 15.4 Å². The van der Waals surface area contributed by atoms with E-state index < -0.39 is 0 Å². The first-order valence-corrected chi connectivity index (χ1v) is 8.43. The Bertz CT molecular complexity index is 556. The second-order valence-electron chi connectivity index (χ2n) is 5.43. The summed E-state index contributed by atoms with van der Waals surface area (Å²) in [6.07, 6.45) is 2.44. The topological polar surface area (TPSA) is 33.3 Å². The molecular formula is C17H22N2OS. The minimum Gasteiger partial charge on any atom is -0.496 e. The van der Waals surface area contributed by atoms with Crippen molar-refractivity contribution in [2.75, 3.05) is 13.7 Å². The number of hydrogen-bond donors (Lipinski definition) is 2. The number of hydrogen-bond acceptors (Lipinski definition) is 4. The third kappa shape index (κ3) is 3.46. The van der Waals surface area contributed by atoms with Crippen molar-refractivity contribution in [3.63, 3.8) is 0 Å². The summed E-state index contributed by atoms with van der Waals surface area (Å²) in [5.41, 5.74) is 2.62. The number of nitrogens with one attached hydrogen (secondary N) is 2. The van der Waals surface area contributed by atoms with Crippen LogP contribution in [0.4, 0.5) is 0 Å². The second kappa shape index (κ2) is 7.07. The Hall–Kier alpha value is -1.36. The summed E-state index contributed by atoms with van der Waals surface area (Å²) < 4.78 is 5.43. The van der Waals surface area contributed by atoms with Crippen molar-refractivity contribution in [3.8, 4) is 5.75 Å². The van der Waals surface area contributed by atoms with Gasteiger partial charge in [-0.3, -0.25) is 0 Å². The average molecular weight is 302 g/mol. The van der Waals surface area contributed by atoms with Crippen LogP contribution in [0.25, 0.3) is 0 Å². The first kappa shape index (κ1) is 14.6. The molecule has 1 aliphatic heterocycles. The van der Waals surface area contributed by atoms with Gasteiger partial charge in [0.2, 0.25) is 0 Å². The molecule has 0 spiro atoms. The van der Waals surface area contributed by atoms with Crippen LogP contribution in [-0.4, -0.2) is 19.7 Å². The smallest absolute Gasteiger partial charge is 0.123 e. The predicted molar refractivity (Wildman–Crippen MR) is 87.9 cm³/mol. The lowest BCUT2D eigenvalue weighted by Gasteiger charge is -2.33. The molecule has 4 heteroatoms. The van der Waals surface area contributed by atoms with E-state index in [9.17, 15) is 0 Å². The van der Waals surface area contributed by atoms with Crippen LogP contribution < -0.4 is 15.4 Å². The van der Waals surface area contributed by atoms with E-state index in [1.807, 2.05) is 12.1 Å². The zero-order chi connectivity index (χ0) is 14.5. The highest BCUT2D eigenvalue weighted by Gasteiger charge is 2.26. The highest BCUT2D eigenvalue weighted by atomic mass is 32.1. The van der Waals surface area contributed by atoms with Crippen molar-refractivity contribution in [2.45, 2.75) is 31.5 Å². The van der Waals surface area contributed by atoms with Crippen LogP contribution in [-0.2, 0) is 6.54 Å². The van der Waals surface area contributed by atoms with E-state index in [-0.39, 0.29) is 0 Å². The third-order valence-corrected chi connectivity index (χ3v) is 4.81. The van der Waals surface area contributed by atoms with Gasteiger partial charge in [-0.25, -0.2) is 0 Å². The zero-order valence-corrected chi connectivity index (χ0v) is 13.2. The minimum atomic E-state index is 0.416. The number of ether oxygens (including phenoxy) is 1. The van der Waals surface area contributed by atoms with E-state index in [0.29, 0.717) is 12.1 Å². The highest BCUT2D eigenvalue weighted by Crippen LogP contribution is 2.26. The maximum absolute atomic E-state index is 5.43. The van der Waals surface area contributed by atoms with Gasteiger partial charge >= 0.3 is 0 Å². The molecule has 0 amide bonds. The van der Waals surface area contributed by atoms with Crippen molar-refractivity contribution in [1.29, 1.82) is 0 Å². The molecule has 0 bridgehead atoms. The molecule has 112 valence electrons. The monoisotopic (exact) mass is 302 g/mol. The Morgan fingerprint density at radius 2 is 2.24 bits per heavy atom. The standard InChI is InChI=1S/C17H22N2OS/c1-20-16-7-3-2-5-13(16)11-19-15-6-4-9-18-17(15)14-8-10-21-12-14/h2-3,5,7-8,10,12,15,17-19H,4,6,9,11H2,1H3/t15-,17-/m0/s1. The molecule has 1 aromatic heterocycles. The molecule has 3 nitrogen and oxygen atoms in total. The number of thiophene rings is 1. The first-order valence-electron chi connectivity index (χ1n) is 7.49. The zero-order valence-electron chi connectivity index (χ0n) is 12.3. The normalized spacial score (nSPS) is 22.1. The van der Waals surface area contributed by atoms with Crippen LogP contribution in [0.2, 0.25) is 0 Å². The molecular weight excluding hydrogens is 280 g/mol. The lowest BCUT2D eigenvalue weighted by atomic mass is 9.94. The summed E-state index contributed by atoms with van der Waals surface area (Å²) in [6.45, 7) is 1.95. The molecule has 1 fully saturated rings. The minimum absolute atomic E-state index is 0.416. The molecule has 2 N–H and O–H groups in total. The van der Waals surface area contributed by atoms with Crippen molar-refractivity contribution >= 4 is 11.3 Å². The van der Waals surface area contributed by atoms with Crippen molar-refractivity contribution in [3.05, 3.63) is 52.2 Å². The molecule has 0 unspecified atom stereocenters. The van der Waals surface area contributed by atoms with Crippen molar-refractivity contribution < 1.29 is 4.74 Å². The van der Waals surface area contributed by atoms with E-state index in [0.717, 1.165) is 18.8 Å². The van der Waals surface area contributed by atoms with Crippen LogP contribution in [0.1, 0.15) is 30.0 Å². The summed E-state index contributed by atoms with van der Waals surface area (Å²) in [7, 11) is 1.73. The number of rotatable bonds is 5. The Labute approximate surface area is 130 Å². The van der Waals surface area contributed by atoms with Crippen LogP contribution >= 0.6 is 11.3 Å². The van der Waals surface area contributed by atoms with E-state index >= 15 is 0 Å². The third-order valence-electron chi connectivity index (χ3n) is 4.11. The molecule has 1 aromatic carbocycles. The Morgan fingerprint density at radius 3 is 3.05 bits per heavy atom.